The minimum atomic E-state index is -0.126. The van der Waals surface area contributed by atoms with Gasteiger partial charge in [0.1, 0.15) is 19.0 Å². The number of aromatic nitrogens is 1. The summed E-state index contributed by atoms with van der Waals surface area (Å²) in [6.07, 6.45) is 2.60. The van der Waals surface area contributed by atoms with Crippen LogP contribution in [-0.4, -0.2) is 55.2 Å². The van der Waals surface area contributed by atoms with Gasteiger partial charge in [0, 0.05) is 44.0 Å². The van der Waals surface area contributed by atoms with Gasteiger partial charge in [0.25, 0.3) is 5.91 Å². The van der Waals surface area contributed by atoms with Crippen LogP contribution in [0.4, 0.5) is 11.5 Å². The zero-order chi connectivity index (χ0) is 23.3. The maximum absolute atomic E-state index is 13.1. The molecule has 1 saturated heterocycles. The number of hydrogen-bond acceptors (Lipinski definition) is 6. The average Bonchev–Trinajstić information content (AvgIpc) is 2.90. The van der Waals surface area contributed by atoms with Gasteiger partial charge in [0.15, 0.2) is 11.5 Å². The fourth-order valence-electron chi connectivity index (χ4n) is 4.87. The lowest BCUT2D eigenvalue weighted by Gasteiger charge is -2.41. The summed E-state index contributed by atoms with van der Waals surface area (Å²) < 4.78 is 11.7. The standard InChI is InChI=1S/C27H30N4O3/c1-2-22(20-8-3-4-9-21(20)27(32)29-25-12-5-6-13-28-25)30-14-16-31(17-15-30)23-10-7-11-24-26(23)34-19-18-33-24/h3-13,22H,2,14-19H2,1H3,(H,28,29,32). The number of pyridine rings is 1. The number of amides is 1. The minimum Gasteiger partial charge on any atom is -0.486 e. The van der Waals surface area contributed by atoms with Gasteiger partial charge in [-0.25, -0.2) is 4.98 Å². The Hall–Kier alpha value is -3.58. The lowest BCUT2D eigenvalue weighted by atomic mass is 9.96. The maximum Gasteiger partial charge on any atom is 0.257 e. The minimum absolute atomic E-state index is 0.126. The smallest absolute Gasteiger partial charge is 0.257 e. The second-order valence-corrected chi connectivity index (χ2v) is 8.50. The van der Waals surface area contributed by atoms with Gasteiger partial charge in [-0.15, -0.1) is 0 Å². The number of nitrogens with zero attached hydrogens (tertiary/aromatic N) is 3. The van der Waals surface area contributed by atoms with Crippen molar-refractivity contribution >= 4 is 17.4 Å². The van der Waals surface area contributed by atoms with E-state index in [9.17, 15) is 4.79 Å². The Morgan fingerprint density at radius 1 is 0.971 bits per heavy atom. The number of rotatable bonds is 6. The molecule has 1 fully saturated rings. The molecule has 0 spiro atoms. The number of para-hydroxylation sites is 1. The molecule has 0 saturated carbocycles. The third-order valence-electron chi connectivity index (χ3n) is 6.50. The van der Waals surface area contributed by atoms with E-state index in [-0.39, 0.29) is 11.9 Å². The van der Waals surface area contributed by atoms with Gasteiger partial charge in [-0.05, 0) is 42.3 Å². The van der Waals surface area contributed by atoms with E-state index in [2.05, 4.69) is 39.2 Å². The average molecular weight is 459 g/mol. The Balaban J connectivity index is 1.31. The van der Waals surface area contributed by atoms with Gasteiger partial charge in [0.05, 0.1) is 5.69 Å². The lowest BCUT2D eigenvalue weighted by molar-refractivity contribution is 0.102. The van der Waals surface area contributed by atoms with E-state index >= 15 is 0 Å². The van der Waals surface area contributed by atoms with Crippen molar-refractivity contribution in [2.24, 2.45) is 0 Å². The molecule has 176 valence electrons. The van der Waals surface area contributed by atoms with Crippen molar-refractivity contribution in [3.05, 3.63) is 78.0 Å². The number of nitrogens with one attached hydrogen (secondary N) is 1. The first kappa shape index (κ1) is 22.2. The number of piperazine rings is 1. The van der Waals surface area contributed by atoms with Crippen molar-refractivity contribution in [3.8, 4) is 11.5 Å². The van der Waals surface area contributed by atoms with E-state index in [0.29, 0.717) is 24.6 Å². The SMILES string of the molecule is CCC(c1ccccc1C(=O)Nc1ccccn1)N1CCN(c2cccc3c2OCCO3)CC1. The zero-order valence-corrected chi connectivity index (χ0v) is 19.4. The van der Waals surface area contributed by atoms with E-state index in [1.807, 2.05) is 42.5 Å². The van der Waals surface area contributed by atoms with Crippen LogP contribution in [0.25, 0.3) is 0 Å². The molecule has 1 amide bonds. The largest absolute Gasteiger partial charge is 0.486 e. The number of fused-ring (bicyclic) bond motifs is 1. The maximum atomic E-state index is 13.1. The predicted molar refractivity (Wildman–Crippen MR) is 133 cm³/mol. The summed E-state index contributed by atoms with van der Waals surface area (Å²) in [5, 5.41) is 2.94. The van der Waals surface area contributed by atoms with Gasteiger partial charge < -0.3 is 19.7 Å². The molecule has 3 heterocycles. The van der Waals surface area contributed by atoms with Crippen LogP contribution < -0.4 is 19.7 Å². The Morgan fingerprint density at radius 2 is 1.76 bits per heavy atom. The molecule has 7 nitrogen and oxygen atoms in total. The number of carbonyl (C=O) groups is 1. The van der Waals surface area contributed by atoms with Crippen LogP contribution in [0.5, 0.6) is 11.5 Å². The molecule has 1 unspecified atom stereocenters. The molecule has 1 N–H and O–H groups in total. The summed E-state index contributed by atoms with van der Waals surface area (Å²) in [5.41, 5.74) is 2.85. The number of carbonyl (C=O) groups excluding carboxylic acids is 1. The number of hydrogen-bond donors (Lipinski definition) is 1. The van der Waals surface area contributed by atoms with E-state index in [0.717, 1.165) is 55.3 Å². The summed E-state index contributed by atoms with van der Waals surface area (Å²) in [7, 11) is 0. The van der Waals surface area contributed by atoms with Crippen LogP contribution in [0.15, 0.2) is 66.9 Å². The molecular weight excluding hydrogens is 428 g/mol. The van der Waals surface area contributed by atoms with Crippen LogP contribution in [0.1, 0.15) is 35.3 Å². The van der Waals surface area contributed by atoms with Crippen molar-refractivity contribution < 1.29 is 14.3 Å². The summed E-state index contributed by atoms with van der Waals surface area (Å²) in [4.78, 5) is 22.2. The highest BCUT2D eigenvalue weighted by Gasteiger charge is 2.29. The van der Waals surface area contributed by atoms with Crippen LogP contribution in [-0.2, 0) is 0 Å². The normalized spacial score (nSPS) is 16.7. The monoisotopic (exact) mass is 458 g/mol. The molecule has 2 aliphatic heterocycles. The van der Waals surface area contributed by atoms with Crippen LogP contribution in [0.2, 0.25) is 0 Å². The molecule has 3 aromatic rings. The highest BCUT2D eigenvalue weighted by Crippen LogP contribution is 2.40. The van der Waals surface area contributed by atoms with Crippen molar-refractivity contribution in [1.29, 1.82) is 0 Å². The van der Waals surface area contributed by atoms with Gasteiger partial charge in [0.2, 0.25) is 0 Å². The Labute approximate surface area is 200 Å². The van der Waals surface area contributed by atoms with Crippen molar-refractivity contribution in [2.45, 2.75) is 19.4 Å². The van der Waals surface area contributed by atoms with E-state index in [1.54, 1.807) is 12.3 Å². The van der Waals surface area contributed by atoms with Crippen molar-refractivity contribution in [1.82, 2.24) is 9.88 Å². The Bertz CT molecular complexity index is 1130. The van der Waals surface area contributed by atoms with Gasteiger partial charge in [-0.2, -0.15) is 0 Å². The number of benzene rings is 2. The summed E-state index contributed by atoms with van der Waals surface area (Å²) >= 11 is 0. The summed E-state index contributed by atoms with van der Waals surface area (Å²) in [6, 6.07) is 19.7. The second kappa shape index (κ2) is 10.1. The second-order valence-electron chi connectivity index (χ2n) is 8.50. The van der Waals surface area contributed by atoms with E-state index in [1.165, 1.54) is 0 Å². The highest BCUT2D eigenvalue weighted by molar-refractivity contribution is 6.04. The molecular formula is C27H30N4O3. The zero-order valence-electron chi connectivity index (χ0n) is 19.4. The quantitative estimate of drug-likeness (QED) is 0.591. The van der Waals surface area contributed by atoms with Crippen LogP contribution in [0.3, 0.4) is 0 Å². The molecule has 1 aromatic heterocycles. The highest BCUT2D eigenvalue weighted by atomic mass is 16.6. The topological polar surface area (TPSA) is 66.9 Å². The van der Waals surface area contributed by atoms with E-state index in [4.69, 9.17) is 9.47 Å². The fourth-order valence-corrected chi connectivity index (χ4v) is 4.87. The van der Waals surface area contributed by atoms with Crippen LogP contribution >= 0.6 is 0 Å². The van der Waals surface area contributed by atoms with Crippen LogP contribution in [0, 0.1) is 0 Å². The van der Waals surface area contributed by atoms with Gasteiger partial charge >= 0.3 is 0 Å². The Kier molecular flexibility index (Phi) is 6.62. The molecule has 0 bridgehead atoms. The molecule has 1 atom stereocenters. The molecule has 34 heavy (non-hydrogen) atoms. The first-order chi connectivity index (χ1) is 16.7. The van der Waals surface area contributed by atoms with Crippen molar-refractivity contribution in [2.75, 3.05) is 49.6 Å². The number of anilines is 2. The fraction of sp³-hybridized carbons (Fsp3) is 0.333. The Morgan fingerprint density at radius 3 is 2.56 bits per heavy atom. The molecule has 2 aromatic carbocycles. The lowest BCUT2D eigenvalue weighted by Crippen LogP contribution is -2.48. The first-order valence-corrected chi connectivity index (χ1v) is 11.9. The molecule has 2 aliphatic rings. The first-order valence-electron chi connectivity index (χ1n) is 11.9. The third kappa shape index (κ3) is 4.56. The molecule has 0 aliphatic carbocycles. The third-order valence-corrected chi connectivity index (χ3v) is 6.50. The predicted octanol–water partition coefficient (Wildman–Crippen LogP) is 4.38. The van der Waals surface area contributed by atoms with Gasteiger partial charge in [-0.3, -0.25) is 9.69 Å². The summed E-state index contributed by atoms with van der Waals surface area (Å²) in [6.45, 7) is 6.94. The molecule has 0 radical (unpaired) electrons. The van der Waals surface area contributed by atoms with Gasteiger partial charge in [-0.1, -0.05) is 37.3 Å². The molecule has 5 rings (SSSR count). The number of ether oxygens (including phenoxy) is 2. The summed E-state index contributed by atoms with van der Waals surface area (Å²) in [5.74, 6) is 2.11. The van der Waals surface area contributed by atoms with E-state index < -0.39 is 0 Å². The van der Waals surface area contributed by atoms with Crippen molar-refractivity contribution in [3.63, 3.8) is 0 Å². The molecule has 7 heteroatoms.